The summed E-state index contributed by atoms with van der Waals surface area (Å²) in [4.78, 5) is 23.4. The van der Waals surface area contributed by atoms with Gasteiger partial charge in [0.1, 0.15) is 11.5 Å². The number of piperazine rings is 2. The van der Waals surface area contributed by atoms with Gasteiger partial charge in [0.2, 0.25) is 5.95 Å². The molecule has 1 N–H and O–H groups in total. The summed E-state index contributed by atoms with van der Waals surface area (Å²) < 4.78 is 0. The highest BCUT2D eigenvalue weighted by Crippen LogP contribution is 2.23. The lowest BCUT2D eigenvalue weighted by Gasteiger charge is -2.36. The number of anilines is 4. The quantitative estimate of drug-likeness (QED) is 0.480. The third-order valence-corrected chi connectivity index (χ3v) is 6.75. The molecular weight excluding hydrogens is 438 g/mol. The monoisotopic (exact) mass is 467 g/mol. The van der Waals surface area contributed by atoms with E-state index < -0.39 is 0 Å². The molecule has 9 nitrogen and oxygen atoms in total. The lowest BCUT2D eigenvalue weighted by atomic mass is 10.2. The van der Waals surface area contributed by atoms with Crippen molar-refractivity contribution < 1.29 is 0 Å². The zero-order chi connectivity index (χ0) is 23.5. The number of nitrogens with zero attached hydrogens (tertiary/aromatic N) is 8. The van der Waals surface area contributed by atoms with E-state index in [4.69, 9.17) is 9.97 Å². The minimum atomic E-state index is 0.655. The van der Waals surface area contributed by atoms with E-state index in [9.17, 15) is 0 Å². The summed E-state index contributed by atoms with van der Waals surface area (Å²) in [5.41, 5.74) is 3.25. The summed E-state index contributed by atoms with van der Waals surface area (Å²) in [7, 11) is 0. The Balaban J connectivity index is 1.09. The van der Waals surface area contributed by atoms with Crippen molar-refractivity contribution in [3.63, 3.8) is 0 Å². The van der Waals surface area contributed by atoms with E-state index in [0.717, 1.165) is 69.8 Å². The first-order chi connectivity index (χ1) is 17.3. The van der Waals surface area contributed by atoms with Crippen molar-refractivity contribution in [1.82, 2.24) is 25.1 Å². The van der Waals surface area contributed by atoms with Gasteiger partial charge in [0.25, 0.3) is 0 Å². The lowest BCUT2D eigenvalue weighted by Crippen LogP contribution is -2.47. The predicted octanol–water partition coefficient (Wildman–Crippen LogP) is 2.91. The molecule has 0 radical (unpaired) electrons. The summed E-state index contributed by atoms with van der Waals surface area (Å²) >= 11 is 0. The zero-order valence-electron chi connectivity index (χ0n) is 19.7. The molecule has 6 rings (SSSR count). The van der Waals surface area contributed by atoms with Gasteiger partial charge in [0.15, 0.2) is 5.82 Å². The Kier molecular flexibility index (Phi) is 5.88. The van der Waals surface area contributed by atoms with Gasteiger partial charge >= 0.3 is 0 Å². The Hall–Kier alpha value is -4.14. The van der Waals surface area contributed by atoms with Crippen molar-refractivity contribution >= 4 is 23.1 Å². The van der Waals surface area contributed by atoms with Gasteiger partial charge in [-0.2, -0.15) is 4.98 Å². The molecule has 2 aromatic heterocycles. The van der Waals surface area contributed by atoms with Gasteiger partial charge in [0, 0.05) is 63.7 Å². The summed E-state index contributed by atoms with van der Waals surface area (Å²) in [6.07, 6.45) is 3.59. The molecule has 0 unspecified atom stereocenters. The Bertz CT molecular complexity index is 1230. The Morgan fingerprint density at radius 3 is 1.71 bits per heavy atom. The van der Waals surface area contributed by atoms with Gasteiger partial charge in [0.05, 0.1) is 12.4 Å². The highest BCUT2D eigenvalue weighted by molar-refractivity contribution is 5.55. The van der Waals surface area contributed by atoms with Crippen LogP contribution in [0.25, 0.3) is 11.5 Å². The molecule has 178 valence electrons. The summed E-state index contributed by atoms with van der Waals surface area (Å²) in [5.74, 6) is 2.25. The van der Waals surface area contributed by atoms with E-state index in [1.54, 1.807) is 6.20 Å². The molecule has 35 heavy (non-hydrogen) atoms. The van der Waals surface area contributed by atoms with Crippen LogP contribution in [-0.2, 0) is 0 Å². The van der Waals surface area contributed by atoms with Gasteiger partial charge in [-0.3, -0.25) is 10.1 Å². The SMILES string of the molecule is c1ccc(N2CCN(c3cncc(-c4nc(N5CCN(c6ccccc6)CC5)n[nH]4)n3)CC2)cc1. The number of rotatable bonds is 5. The molecule has 4 aromatic rings. The van der Waals surface area contributed by atoms with Crippen molar-refractivity contribution in [3.8, 4) is 11.5 Å². The minimum Gasteiger partial charge on any atom is -0.368 e. The Morgan fingerprint density at radius 1 is 0.571 bits per heavy atom. The zero-order valence-corrected chi connectivity index (χ0v) is 19.7. The smallest absolute Gasteiger partial charge is 0.245 e. The molecule has 0 aliphatic carbocycles. The normalized spacial score (nSPS) is 16.6. The minimum absolute atomic E-state index is 0.655. The van der Waals surface area contributed by atoms with Gasteiger partial charge in [-0.05, 0) is 24.3 Å². The molecule has 0 saturated carbocycles. The fourth-order valence-corrected chi connectivity index (χ4v) is 4.77. The molecule has 2 fully saturated rings. The maximum absolute atomic E-state index is 4.86. The van der Waals surface area contributed by atoms with E-state index in [1.165, 1.54) is 11.4 Å². The molecular formula is C26H29N9. The second-order valence-corrected chi connectivity index (χ2v) is 8.87. The van der Waals surface area contributed by atoms with E-state index in [2.05, 4.69) is 95.4 Å². The number of para-hydroxylation sites is 2. The maximum Gasteiger partial charge on any atom is 0.245 e. The van der Waals surface area contributed by atoms with Crippen molar-refractivity contribution in [2.24, 2.45) is 0 Å². The second-order valence-electron chi connectivity index (χ2n) is 8.87. The molecule has 2 aliphatic heterocycles. The van der Waals surface area contributed by atoms with Crippen LogP contribution in [0.3, 0.4) is 0 Å². The topological polar surface area (TPSA) is 80.3 Å². The van der Waals surface area contributed by atoms with Crippen LogP contribution in [0.2, 0.25) is 0 Å². The van der Waals surface area contributed by atoms with Crippen LogP contribution in [0.5, 0.6) is 0 Å². The number of hydrogen-bond donors (Lipinski definition) is 1. The lowest BCUT2D eigenvalue weighted by molar-refractivity contribution is 0.641. The number of aromatic amines is 1. The molecule has 0 spiro atoms. The van der Waals surface area contributed by atoms with E-state index >= 15 is 0 Å². The molecule has 2 aromatic carbocycles. The van der Waals surface area contributed by atoms with Crippen LogP contribution in [0.15, 0.2) is 73.1 Å². The van der Waals surface area contributed by atoms with Crippen LogP contribution >= 0.6 is 0 Å². The average Bonchev–Trinajstić information content (AvgIpc) is 3.45. The van der Waals surface area contributed by atoms with Gasteiger partial charge in [-0.25, -0.2) is 4.98 Å². The second kappa shape index (κ2) is 9.61. The van der Waals surface area contributed by atoms with Crippen LogP contribution in [0, 0.1) is 0 Å². The summed E-state index contributed by atoms with van der Waals surface area (Å²) in [6.45, 7) is 7.36. The van der Waals surface area contributed by atoms with Gasteiger partial charge in [-0.1, -0.05) is 36.4 Å². The van der Waals surface area contributed by atoms with Gasteiger partial charge in [-0.15, -0.1) is 5.10 Å². The first-order valence-corrected chi connectivity index (χ1v) is 12.2. The molecule has 0 atom stereocenters. The highest BCUT2D eigenvalue weighted by Gasteiger charge is 2.22. The van der Waals surface area contributed by atoms with Crippen LogP contribution < -0.4 is 19.6 Å². The van der Waals surface area contributed by atoms with Crippen LogP contribution in [-0.4, -0.2) is 77.5 Å². The maximum atomic E-state index is 4.86. The fourth-order valence-electron chi connectivity index (χ4n) is 4.77. The van der Waals surface area contributed by atoms with E-state index in [1.807, 2.05) is 6.20 Å². The molecule has 9 heteroatoms. The number of aromatic nitrogens is 5. The van der Waals surface area contributed by atoms with E-state index in [-0.39, 0.29) is 0 Å². The van der Waals surface area contributed by atoms with Gasteiger partial charge < -0.3 is 19.6 Å². The van der Waals surface area contributed by atoms with Crippen molar-refractivity contribution in [2.75, 3.05) is 72.0 Å². The van der Waals surface area contributed by atoms with Crippen LogP contribution in [0.4, 0.5) is 23.1 Å². The number of hydrogen-bond acceptors (Lipinski definition) is 8. The van der Waals surface area contributed by atoms with Crippen molar-refractivity contribution in [3.05, 3.63) is 73.1 Å². The number of nitrogens with one attached hydrogen (secondary N) is 1. The number of benzene rings is 2. The molecule has 0 bridgehead atoms. The third-order valence-electron chi connectivity index (χ3n) is 6.75. The molecule has 0 amide bonds. The molecule has 2 saturated heterocycles. The van der Waals surface area contributed by atoms with Crippen molar-refractivity contribution in [2.45, 2.75) is 0 Å². The van der Waals surface area contributed by atoms with Crippen molar-refractivity contribution in [1.29, 1.82) is 0 Å². The predicted molar refractivity (Wildman–Crippen MR) is 139 cm³/mol. The highest BCUT2D eigenvalue weighted by atomic mass is 15.4. The summed E-state index contributed by atoms with van der Waals surface area (Å²) in [5, 5.41) is 7.56. The van der Waals surface area contributed by atoms with E-state index in [0.29, 0.717) is 5.82 Å². The molecule has 4 heterocycles. The first kappa shape index (κ1) is 21.4. The molecule has 2 aliphatic rings. The van der Waals surface area contributed by atoms with Crippen LogP contribution in [0.1, 0.15) is 0 Å². The Morgan fingerprint density at radius 2 is 1.11 bits per heavy atom. The summed E-state index contributed by atoms with van der Waals surface area (Å²) in [6, 6.07) is 21.1. The number of H-pyrrole nitrogens is 1. The third kappa shape index (κ3) is 4.62. The standard InChI is InChI=1S/C26H29N9/c1-3-7-21(8-4-1)32-11-15-34(16-12-32)24-20-27-19-23(28-24)25-29-26(31-30-25)35-17-13-33(14-18-35)22-9-5-2-6-10-22/h1-10,19-20H,11-18H2,(H,29,30,31). The first-order valence-electron chi connectivity index (χ1n) is 12.2. The average molecular weight is 468 g/mol. The largest absolute Gasteiger partial charge is 0.368 e. The fraction of sp³-hybridized carbons (Fsp3) is 0.308. The Labute approximate surface area is 205 Å².